The first kappa shape index (κ1) is 14.3. The molecule has 1 saturated heterocycles. The van der Waals surface area contributed by atoms with Gasteiger partial charge in [-0.05, 0) is 12.1 Å². The predicted molar refractivity (Wildman–Crippen MR) is 71.1 cm³/mol. The second-order valence-corrected chi connectivity index (χ2v) is 5.10. The summed E-state index contributed by atoms with van der Waals surface area (Å²) in [5, 5.41) is 25.0. The number of hydrogen-bond acceptors (Lipinski definition) is 6. The zero-order valence-electron chi connectivity index (χ0n) is 11.6. The maximum atomic E-state index is 12.0. The molecule has 0 spiro atoms. The lowest BCUT2D eigenvalue weighted by atomic mass is 10.0. The molecule has 0 aromatic heterocycles. The molecule has 22 heavy (non-hydrogen) atoms. The van der Waals surface area contributed by atoms with Gasteiger partial charge in [0.25, 0.3) is 11.8 Å². The minimum absolute atomic E-state index is 0.0141. The lowest BCUT2D eigenvalue weighted by molar-refractivity contribution is -0.727. The fourth-order valence-electron chi connectivity index (χ4n) is 2.34. The average molecular weight is 306 g/mol. The molecule has 1 fully saturated rings. The lowest BCUT2D eigenvalue weighted by Crippen LogP contribution is -2.51. The maximum Gasteiger partial charge on any atom is 0.264 e. The summed E-state index contributed by atoms with van der Waals surface area (Å²) in [7, 11) is 0. The highest BCUT2D eigenvalue weighted by molar-refractivity contribution is 6.21. The van der Waals surface area contributed by atoms with Crippen molar-refractivity contribution in [1.29, 1.82) is 0 Å². The summed E-state index contributed by atoms with van der Waals surface area (Å²) in [6.45, 7) is 0.363. The van der Waals surface area contributed by atoms with Gasteiger partial charge < -0.3 is 15.2 Å². The van der Waals surface area contributed by atoms with Crippen molar-refractivity contribution in [1.82, 2.24) is 9.91 Å². The van der Waals surface area contributed by atoms with Crippen LogP contribution in [-0.2, 0) is 4.84 Å². The van der Waals surface area contributed by atoms with Crippen molar-refractivity contribution in [2.75, 3.05) is 26.4 Å². The molecule has 2 aliphatic heterocycles. The largest absolute Gasteiger partial charge is 0.569 e. The van der Waals surface area contributed by atoms with Crippen LogP contribution in [-0.4, -0.2) is 58.2 Å². The molecule has 2 aliphatic rings. The summed E-state index contributed by atoms with van der Waals surface area (Å²) in [5.74, 6) is -0.891. The molecule has 3 rings (SSSR count). The van der Waals surface area contributed by atoms with Crippen LogP contribution < -0.4 is 0 Å². The highest BCUT2D eigenvalue weighted by Crippen LogP contribution is 2.22. The van der Waals surface area contributed by atoms with E-state index in [2.05, 4.69) is 5.28 Å². The summed E-state index contributed by atoms with van der Waals surface area (Å²) in [4.78, 5) is 30.0. The molecule has 9 nitrogen and oxygen atoms in total. The molecule has 1 aromatic carbocycles. The minimum atomic E-state index is -0.474. The smallest absolute Gasteiger partial charge is 0.264 e. The normalized spacial score (nSPS) is 18.5. The standard InChI is InChI=1S/C13H14N4O5/c18-7-9-5-15(6-9)17(21)14-22-8-16-12(19)10-3-1-2-4-11(10)13(16)20/h1-4,9,18H,5-8H2. The van der Waals surface area contributed by atoms with Crippen molar-refractivity contribution >= 4 is 11.8 Å². The van der Waals surface area contributed by atoms with Crippen molar-refractivity contribution in [3.05, 3.63) is 40.6 Å². The van der Waals surface area contributed by atoms with E-state index in [9.17, 15) is 14.8 Å². The number of hydrogen-bond donors (Lipinski definition) is 1. The zero-order chi connectivity index (χ0) is 15.7. The van der Waals surface area contributed by atoms with Gasteiger partial charge in [-0.25, -0.2) is 4.90 Å². The second-order valence-electron chi connectivity index (χ2n) is 5.10. The molecule has 0 unspecified atom stereocenters. The molecule has 0 aliphatic carbocycles. The van der Waals surface area contributed by atoms with Crippen LogP contribution in [0.25, 0.3) is 0 Å². The number of carbonyl (C=O) groups excluding carboxylic acids is 2. The Labute approximate surface area is 125 Å². The summed E-state index contributed by atoms with van der Waals surface area (Å²) < 4.78 is 0. The molecule has 0 radical (unpaired) electrons. The Morgan fingerprint density at radius 2 is 1.86 bits per heavy atom. The third-order valence-electron chi connectivity index (χ3n) is 3.63. The number of carbonyl (C=O) groups is 2. The van der Waals surface area contributed by atoms with Crippen LogP contribution in [0, 0.1) is 11.1 Å². The summed E-state index contributed by atoms with van der Waals surface area (Å²) >= 11 is 0. The van der Waals surface area contributed by atoms with Gasteiger partial charge in [0, 0.05) is 12.5 Å². The van der Waals surface area contributed by atoms with Crippen LogP contribution in [0.2, 0.25) is 0 Å². The zero-order valence-corrected chi connectivity index (χ0v) is 11.6. The van der Waals surface area contributed by atoms with E-state index in [1.165, 1.54) is 5.01 Å². The third kappa shape index (κ3) is 2.35. The van der Waals surface area contributed by atoms with Crippen LogP contribution in [0.4, 0.5) is 0 Å². The van der Waals surface area contributed by atoms with Gasteiger partial charge in [-0.15, -0.1) is 5.01 Å². The molecule has 9 heteroatoms. The van der Waals surface area contributed by atoms with Gasteiger partial charge in [-0.1, -0.05) is 12.1 Å². The van der Waals surface area contributed by atoms with Crippen LogP contribution in [0.1, 0.15) is 20.7 Å². The third-order valence-corrected chi connectivity index (χ3v) is 3.63. The maximum absolute atomic E-state index is 12.0. The molecular weight excluding hydrogens is 292 g/mol. The van der Waals surface area contributed by atoms with E-state index in [0.717, 1.165) is 4.90 Å². The highest BCUT2D eigenvalue weighted by Gasteiger charge is 2.36. The fourth-order valence-corrected chi connectivity index (χ4v) is 2.34. The monoisotopic (exact) mass is 306 g/mol. The van der Waals surface area contributed by atoms with Gasteiger partial charge in [0.2, 0.25) is 12.0 Å². The summed E-state index contributed by atoms with van der Waals surface area (Å²) in [5.41, 5.74) is 0.618. The Morgan fingerprint density at radius 3 is 2.41 bits per heavy atom. The first-order chi connectivity index (χ1) is 10.6. The Hall–Kier alpha value is -2.68. The SMILES string of the molecule is O=C1c2ccccc2C(=O)N1CON=[N+]([O-])N1CC(CO)C1. The van der Waals surface area contributed by atoms with E-state index < -0.39 is 18.5 Å². The van der Waals surface area contributed by atoms with Gasteiger partial charge in [0.05, 0.1) is 29.2 Å². The number of aliphatic hydroxyl groups excluding tert-OH is 1. The van der Waals surface area contributed by atoms with E-state index >= 15 is 0 Å². The van der Waals surface area contributed by atoms with E-state index in [0.29, 0.717) is 24.2 Å². The van der Waals surface area contributed by atoms with E-state index in [1.807, 2.05) is 0 Å². The van der Waals surface area contributed by atoms with Crippen molar-refractivity contribution < 1.29 is 24.5 Å². The number of nitrogens with zero attached hydrogens (tertiary/aromatic N) is 4. The molecule has 0 saturated carbocycles. The van der Waals surface area contributed by atoms with Crippen LogP contribution in [0.3, 0.4) is 0 Å². The van der Waals surface area contributed by atoms with Crippen LogP contribution in [0.15, 0.2) is 29.5 Å². The van der Waals surface area contributed by atoms with E-state index in [1.54, 1.807) is 24.3 Å². The molecule has 0 atom stereocenters. The number of imide groups is 1. The van der Waals surface area contributed by atoms with E-state index in [-0.39, 0.29) is 17.5 Å². The number of hydrazine groups is 1. The molecule has 2 amide bonds. The van der Waals surface area contributed by atoms with Gasteiger partial charge >= 0.3 is 0 Å². The van der Waals surface area contributed by atoms with Gasteiger partial charge in [-0.2, -0.15) is 0 Å². The van der Waals surface area contributed by atoms with Crippen LogP contribution >= 0.6 is 0 Å². The number of aliphatic hydroxyl groups is 1. The van der Waals surface area contributed by atoms with Gasteiger partial charge in [0.15, 0.2) is 0 Å². The van der Waals surface area contributed by atoms with Crippen LogP contribution in [0.5, 0.6) is 0 Å². The molecular formula is C13H14N4O5. The number of fused-ring (bicyclic) bond motifs is 1. The predicted octanol–water partition coefficient (Wildman–Crippen LogP) is -0.0267. The molecule has 116 valence electrons. The van der Waals surface area contributed by atoms with Gasteiger partial charge in [-0.3, -0.25) is 9.59 Å². The Bertz CT molecular complexity index is 606. The van der Waals surface area contributed by atoms with E-state index in [4.69, 9.17) is 9.94 Å². The van der Waals surface area contributed by atoms with Crippen molar-refractivity contribution in [2.24, 2.45) is 11.2 Å². The quantitative estimate of drug-likeness (QED) is 0.354. The van der Waals surface area contributed by atoms with Crippen molar-refractivity contribution in [2.45, 2.75) is 0 Å². The fraction of sp³-hybridized carbons (Fsp3) is 0.385. The molecule has 0 bridgehead atoms. The van der Waals surface area contributed by atoms with Crippen molar-refractivity contribution in [3.8, 4) is 0 Å². The average Bonchev–Trinajstić information content (AvgIpc) is 2.72. The summed E-state index contributed by atoms with van der Waals surface area (Å²) in [6, 6.07) is 6.45. The highest BCUT2D eigenvalue weighted by atomic mass is 16.7. The molecule has 2 heterocycles. The minimum Gasteiger partial charge on any atom is -0.569 e. The molecule has 1 N–H and O–H groups in total. The van der Waals surface area contributed by atoms with Gasteiger partial charge in [0.1, 0.15) is 0 Å². The number of benzene rings is 1. The Balaban J connectivity index is 1.57. The number of rotatable bonds is 5. The summed E-state index contributed by atoms with van der Waals surface area (Å²) in [6.07, 6.45) is 0. The lowest BCUT2D eigenvalue weighted by Gasteiger charge is -2.32. The first-order valence-corrected chi connectivity index (χ1v) is 6.73. The topological polar surface area (TPSA) is 109 Å². The van der Waals surface area contributed by atoms with Crippen molar-refractivity contribution in [3.63, 3.8) is 0 Å². The number of amides is 2. The Kier molecular flexibility index (Phi) is 3.63. The molecule has 1 aromatic rings. The second kappa shape index (κ2) is 5.60. The first-order valence-electron chi connectivity index (χ1n) is 6.73. The Morgan fingerprint density at radius 1 is 1.27 bits per heavy atom.